The summed E-state index contributed by atoms with van der Waals surface area (Å²) < 4.78 is 1.84. The van der Waals surface area contributed by atoms with Gasteiger partial charge in [0.05, 0.1) is 17.9 Å². The Kier molecular flexibility index (Phi) is 1.12. The molecule has 2 aromatic rings. The summed E-state index contributed by atoms with van der Waals surface area (Å²) in [6.45, 7) is 1.90. The molecule has 2 rings (SSSR count). The molecular weight excluding hydrogens is 140 g/mol. The molecule has 2 heterocycles. The van der Waals surface area contributed by atoms with Gasteiger partial charge in [0.15, 0.2) is 0 Å². The molecule has 0 atom stereocenters. The molecule has 0 aliphatic rings. The zero-order chi connectivity index (χ0) is 7.84. The minimum Gasteiger partial charge on any atom is -0.506 e. The molecule has 0 radical (unpaired) electrons. The molecule has 0 unspecified atom stereocenters. The molecule has 0 bridgehead atoms. The van der Waals surface area contributed by atoms with Crippen LogP contribution in [0.4, 0.5) is 0 Å². The first-order chi connectivity index (χ1) is 5.27. The first kappa shape index (κ1) is 6.22. The standard InChI is InChI=1S/C8H8N2O/c1-6-9-4-7-2-3-8(11)5-10(6)7/h2-5,11H,1H3. The Balaban J connectivity index is 2.87. The Morgan fingerprint density at radius 3 is 3.09 bits per heavy atom. The van der Waals surface area contributed by atoms with Gasteiger partial charge in [-0.2, -0.15) is 0 Å². The van der Waals surface area contributed by atoms with Crippen molar-refractivity contribution < 1.29 is 5.11 Å². The number of hydrogen-bond donors (Lipinski definition) is 1. The summed E-state index contributed by atoms with van der Waals surface area (Å²) in [4.78, 5) is 4.09. The van der Waals surface area contributed by atoms with Crippen LogP contribution in [-0.4, -0.2) is 14.5 Å². The normalized spacial score (nSPS) is 10.6. The molecule has 1 N–H and O–H groups in total. The molecule has 0 saturated heterocycles. The highest BCUT2D eigenvalue weighted by atomic mass is 16.3. The molecule has 11 heavy (non-hydrogen) atoms. The van der Waals surface area contributed by atoms with Crippen LogP contribution in [0, 0.1) is 6.92 Å². The summed E-state index contributed by atoms with van der Waals surface area (Å²) >= 11 is 0. The Bertz CT molecular complexity index is 392. The molecule has 2 aromatic heterocycles. The molecule has 0 fully saturated rings. The third-order valence-corrected chi connectivity index (χ3v) is 1.70. The van der Waals surface area contributed by atoms with Crippen LogP contribution in [-0.2, 0) is 0 Å². The maximum absolute atomic E-state index is 9.12. The molecule has 3 heteroatoms. The highest BCUT2D eigenvalue weighted by molar-refractivity contribution is 5.47. The summed E-state index contributed by atoms with van der Waals surface area (Å²) in [5.41, 5.74) is 1.00. The van der Waals surface area contributed by atoms with E-state index in [1.165, 1.54) is 0 Å². The monoisotopic (exact) mass is 148 g/mol. The molecule has 56 valence electrons. The smallest absolute Gasteiger partial charge is 0.132 e. The predicted octanol–water partition coefficient (Wildman–Crippen LogP) is 1.35. The van der Waals surface area contributed by atoms with E-state index in [2.05, 4.69) is 4.98 Å². The average Bonchev–Trinajstić information content (AvgIpc) is 2.33. The van der Waals surface area contributed by atoms with E-state index in [9.17, 15) is 0 Å². The van der Waals surface area contributed by atoms with Gasteiger partial charge in [0.2, 0.25) is 0 Å². The van der Waals surface area contributed by atoms with Crippen LogP contribution in [0.2, 0.25) is 0 Å². The first-order valence-electron chi connectivity index (χ1n) is 3.40. The van der Waals surface area contributed by atoms with Crippen LogP contribution < -0.4 is 0 Å². The molecule has 0 spiro atoms. The Hall–Kier alpha value is -1.51. The summed E-state index contributed by atoms with van der Waals surface area (Å²) in [7, 11) is 0. The topological polar surface area (TPSA) is 37.5 Å². The predicted molar refractivity (Wildman–Crippen MR) is 41.6 cm³/mol. The molecular formula is C8H8N2O. The summed E-state index contributed by atoms with van der Waals surface area (Å²) in [6, 6.07) is 3.48. The van der Waals surface area contributed by atoms with Crippen LogP contribution in [0.25, 0.3) is 5.52 Å². The van der Waals surface area contributed by atoms with Crippen molar-refractivity contribution in [2.24, 2.45) is 0 Å². The van der Waals surface area contributed by atoms with Crippen molar-refractivity contribution in [3.8, 4) is 5.75 Å². The fourth-order valence-corrected chi connectivity index (χ4v) is 1.11. The van der Waals surface area contributed by atoms with E-state index in [1.807, 2.05) is 17.4 Å². The van der Waals surface area contributed by atoms with Gasteiger partial charge in [0, 0.05) is 0 Å². The fraction of sp³-hybridized carbons (Fsp3) is 0.125. The lowest BCUT2D eigenvalue weighted by atomic mass is 10.4. The number of aryl methyl sites for hydroxylation is 1. The Labute approximate surface area is 63.9 Å². The summed E-state index contributed by atoms with van der Waals surface area (Å²) in [5.74, 6) is 1.15. The third-order valence-electron chi connectivity index (χ3n) is 1.70. The zero-order valence-electron chi connectivity index (χ0n) is 6.15. The minimum absolute atomic E-state index is 0.263. The lowest BCUT2D eigenvalue weighted by Crippen LogP contribution is -1.85. The Morgan fingerprint density at radius 1 is 1.45 bits per heavy atom. The van der Waals surface area contributed by atoms with Gasteiger partial charge < -0.3 is 9.51 Å². The summed E-state index contributed by atoms with van der Waals surface area (Å²) in [5, 5.41) is 9.12. The Morgan fingerprint density at radius 2 is 2.27 bits per heavy atom. The van der Waals surface area contributed by atoms with Gasteiger partial charge in [-0.15, -0.1) is 0 Å². The molecule has 3 nitrogen and oxygen atoms in total. The van der Waals surface area contributed by atoms with Crippen molar-refractivity contribution in [1.82, 2.24) is 9.38 Å². The first-order valence-corrected chi connectivity index (χ1v) is 3.40. The van der Waals surface area contributed by atoms with Gasteiger partial charge in [0.25, 0.3) is 0 Å². The quantitative estimate of drug-likeness (QED) is 0.612. The second-order valence-electron chi connectivity index (χ2n) is 2.49. The van der Waals surface area contributed by atoms with Gasteiger partial charge >= 0.3 is 0 Å². The van der Waals surface area contributed by atoms with E-state index in [-0.39, 0.29) is 5.75 Å². The van der Waals surface area contributed by atoms with Crippen molar-refractivity contribution in [3.63, 3.8) is 0 Å². The number of aromatic hydroxyl groups is 1. The average molecular weight is 148 g/mol. The largest absolute Gasteiger partial charge is 0.506 e. The van der Waals surface area contributed by atoms with Gasteiger partial charge in [-0.25, -0.2) is 4.98 Å². The van der Waals surface area contributed by atoms with E-state index in [1.54, 1.807) is 18.5 Å². The van der Waals surface area contributed by atoms with Gasteiger partial charge in [-0.1, -0.05) is 0 Å². The van der Waals surface area contributed by atoms with Crippen LogP contribution in [0.3, 0.4) is 0 Å². The van der Waals surface area contributed by atoms with Crippen molar-refractivity contribution in [2.75, 3.05) is 0 Å². The molecule has 0 saturated carbocycles. The second kappa shape index (κ2) is 1.99. The number of hydrogen-bond acceptors (Lipinski definition) is 2. The van der Waals surface area contributed by atoms with Crippen LogP contribution in [0.1, 0.15) is 5.82 Å². The van der Waals surface area contributed by atoms with Gasteiger partial charge in [0.1, 0.15) is 11.6 Å². The van der Waals surface area contributed by atoms with E-state index >= 15 is 0 Å². The van der Waals surface area contributed by atoms with Gasteiger partial charge in [-0.3, -0.25) is 0 Å². The summed E-state index contributed by atoms with van der Waals surface area (Å²) in [6.07, 6.45) is 3.42. The van der Waals surface area contributed by atoms with Crippen LogP contribution in [0.15, 0.2) is 24.5 Å². The maximum Gasteiger partial charge on any atom is 0.132 e. The van der Waals surface area contributed by atoms with Gasteiger partial charge in [-0.05, 0) is 19.1 Å². The van der Waals surface area contributed by atoms with E-state index < -0.39 is 0 Å². The SMILES string of the molecule is Cc1ncc2ccc(O)cn12. The van der Waals surface area contributed by atoms with Crippen molar-refractivity contribution in [3.05, 3.63) is 30.4 Å². The van der Waals surface area contributed by atoms with Crippen molar-refractivity contribution in [2.45, 2.75) is 6.92 Å². The molecule has 0 aliphatic heterocycles. The second-order valence-corrected chi connectivity index (χ2v) is 2.49. The lowest BCUT2D eigenvalue weighted by Gasteiger charge is -1.95. The number of fused-ring (bicyclic) bond motifs is 1. The van der Waals surface area contributed by atoms with Crippen LogP contribution in [0.5, 0.6) is 5.75 Å². The number of imidazole rings is 1. The van der Waals surface area contributed by atoms with E-state index in [4.69, 9.17) is 5.11 Å². The van der Waals surface area contributed by atoms with E-state index in [0.29, 0.717) is 0 Å². The number of pyridine rings is 1. The highest BCUT2D eigenvalue weighted by Gasteiger charge is 1.97. The molecule has 0 aliphatic carbocycles. The third kappa shape index (κ3) is 0.852. The van der Waals surface area contributed by atoms with Crippen LogP contribution >= 0.6 is 0 Å². The minimum atomic E-state index is 0.263. The molecule has 0 amide bonds. The number of aromatic nitrogens is 2. The number of nitrogens with zero attached hydrogens (tertiary/aromatic N) is 2. The fourth-order valence-electron chi connectivity index (χ4n) is 1.11. The maximum atomic E-state index is 9.12. The van der Waals surface area contributed by atoms with E-state index in [0.717, 1.165) is 11.3 Å². The number of rotatable bonds is 0. The highest BCUT2D eigenvalue weighted by Crippen LogP contribution is 2.12. The lowest BCUT2D eigenvalue weighted by molar-refractivity contribution is 0.471. The molecule has 0 aromatic carbocycles. The van der Waals surface area contributed by atoms with Crippen molar-refractivity contribution >= 4 is 5.52 Å². The zero-order valence-corrected chi connectivity index (χ0v) is 6.15. The van der Waals surface area contributed by atoms with Crippen molar-refractivity contribution in [1.29, 1.82) is 0 Å².